The number of aliphatic hydroxyl groups is 2. The highest BCUT2D eigenvalue weighted by molar-refractivity contribution is 5.56. The standard InChI is InChI=1S/C21H24F3N5O.C20H22F6N4O.C20H26N6/c1-19(2)16(20(3,4)17(19)30)28-15-13(9-25)11-27-18(29-15)26-10-12-7-5-6-8-14(12)21(22,23)24;1-18(2)12(10-31)7-15(18)29-16-14(20(24,25)26)9-28-17(30-16)27-8-11-5-3-4-6-13(11)19(21,22)23;1-5-17-15(9-22-12-25-17)11-24-19-23-10-14(8-21)18(26-19)7-16-6-13(2)20(16,3)4/h5-8,11,16-17,30H,10H2,1-4H3,(H2,26,27,28,29);3-6,9,12,15,31H,7-8,10H2,1-2H3,(H2,27,28,29,30);9-10,12-13,16H,5-7,11H2,1-4H3,(H,23,24,26)/t;12-,15+;13-,16+/m.11/s1. The van der Waals surface area contributed by atoms with Gasteiger partial charge in [0.2, 0.25) is 17.8 Å². The van der Waals surface area contributed by atoms with E-state index >= 15 is 0 Å². The molecule has 6 aromatic rings. The Morgan fingerprint density at radius 3 is 1.54 bits per heavy atom. The molecule has 0 radical (unpaired) electrons. The molecule has 4 atom stereocenters. The van der Waals surface area contributed by atoms with Crippen LogP contribution in [-0.4, -0.2) is 74.9 Å². The van der Waals surface area contributed by atoms with Crippen LogP contribution in [0.3, 0.4) is 0 Å². The van der Waals surface area contributed by atoms with Crippen LogP contribution in [0.2, 0.25) is 0 Å². The number of rotatable bonds is 17. The molecule has 0 spiro atoms. The number of alkyl halides is 9. The fraction of sp³-hybridized carbons (Fsp3) is 0.508. The lowest BCUT2D eigenvalue weighted by molar-refractivity contribution is -0.163. The smallest absolute Gasteiger partial charge is 0.396 e. The Morgan fingerprint density at radius 2 is 1.06 bits per heavy atom. The Morgan fingerprint density at radius 1 is 0.563 bits per heavy atom. The molecule has 7 N–H and O–H groups in total. The lowest BCUT2D eigenvalue weighted by Gasteiger charge is -2.62. The van der Waals surface area contributed by atoms with Crippen molar-refractivity contribution >= 4 is 29.5 Å². The van der Waals surface area contributed by atoms with Crippen LogP contribution < -0.4 is 26.6 Å². The van der Waals surface area contributed by atoms with Crippen molar-refractivity contribution < 1.29 is 49.7 Å². The molecule has 2 aromatic carbocycles. The normalized spacial score (nSPS) is 21.2. The number of hydrogen-bond acceptors (Lipinski definition) is 17. The molecule has 87 heavy (non-hydrogen) atoms. The van der Waals surface area contributed by atoms with E-state index in [0.29, 0.717) is 47.9 Å². The summed E-state index contributed by atoms with van der Waals surface area (Å²) in [6.07, 6.45) is -4.00. The van der Waals surface area contributed by atoms with Gasteiger partial charge in [-0.05, 0) is 77.5 Å². The molecular weight excluding hydrogens is 1150 g/mol. The van der Waals surface area contributed by atoms with E-state index in [0.717, 1.165) is 41.9 Å². The molecule has 4 aromatic heterocycles. The summed E-state index contributed by atoms with van der Waals surface area (Å²) in [6.45, 7) is 20.4. The third-order valence-corrected chi connectivity index (χ3v) is 17.7. The van der Waals surface area contributed by atoms with E-state index in [2.05, 4.69) is 100 Å². The van der Waals surface area contributed by atoms with Gasteiger partial charge in [0.1, 0.15) is 41.2 Å². The Hall–Kier alpha value is -7.97. The number of anilines is 5. The Labute approximate surface area is 499 Å². The van der Waals surface area contributed by atoms with Crippen LogP contribution in [0.1, 0.15) is 138 Å². The minimum absolute atomic E-state index is 0.0577. The Kier molecular flexibility index (Phi) is 20.0. The quantitative estimate of drug-likeness (QED) is 0.0419. The molecular formula is C61H72F9N15O2. The highest BCUT2D eigenvalue weighted by atomic mass is 19.4. The van der Waals surface area contributed by atoms with E-state index < -0.39 is 63.4 Å². The number of aromatic nitrogens is 8. The van der Waals surface area contributed by atoms with Crippen LogP contribution in [0, 0.1) is 62.1 Å². The zero-order chi connectivity index (χ0) is 64.1. The van der Waals surface area contributed by atoms with E-state index in [1.54, 1.807) is 12.5 Å². The molecule has 4 heterocycles. The molecule has 0 unspecified atom stereocenters. The number of nitriles is 2. The van der Waals surface area contributed by atoms with Gasteiger partial charge in [-0.3, -0.25) is 0 Å². The minimum Gasteiger partial charge on any atom is -0.396 e. The molecule has 0 bridgehead atoms. The van der Waals surface area contributed by atoms with Gasteiger partial charge in [-0.25, -0.2) is 29.9 Å². The summed E-state index contributed by atoms with van der Waals surface area (Å²) >= 11 is 0. The second kappa shape index (κ2) is 26.2. The van der Waals surface area contributed by atoms with Gasteiger partial charge in [-0.2, -0.15) is 60.0 Å². The van der Waals surface area contributed by atoms with Crippen molar-refractivity contribution in [1.82, 2.24) is 39.9 Å². The lowest BCUT2D eigenvalue weighted by Crippen LogP contribution is -2.70. The molecule has 9 rings (SSSR count). The van der Waals surface area contributed by atoms with Gasteiger partial charge in [-0.15, -0.1) is 0 Å². The predicted octanol–water partition coefficient (Wildman–Crippen LogP) is 12.7. The molecule has 3 aliphatic carbocycles. The van der Waals surface area contributed by atoms with Crippen LogP contribution in [0.4, 0.5) is 69.0 Å². The summed E-state index contributed by atoms with van der Waals surface area (Å²) in [5.74, 6) is 1.45. The first-order chi connectivity index (χ1) is 40.7. The fourth-order valence-electron chi connectivity index (χ4n) is 11.7. The summed E-state index contributed by atoms with van der Waals surface area (Å²) in [7, 11) is 0. The maximum Gasteiger partial charge on any atom is 0.421 e. The second-order valence-corrected chi connectivity index (χ2v) is 24.5. The summed E-state index contributed by atoms with van der Waals surface area (Å²) in [5.41, 5.74) is -0.0265. The van der Waals surface area contributed by atoms with Gasteiger partial charge in [0.25, 0.3) is 0 Å². The molecule has 3 saturated carbocycles. The zero-order valence-electron chi connectivity index (χ0n) is 49.9. The van der Waals surface area contributed by atoms with Crippen molar-refractivity contribution in [3.8, 4) is 12.1 Å². The second-order valence-electron chi connectivity index (χ2n) is 24.5. The van der Waals surface area contributed by atoms with Crippen molar-refractivity contribution in [2.75, 3.05) is 33.2 Å². The van der Waals surface area contributed by atoms with E-state index in [1.807, 2.05) is 53.8 Å². The first-order valence-corrected chi connectivity index (χ1v) is 28.3. The predicted molar refractivity (Wildman–Crippen MR) is 309 cm³/mol. The van der Waals surface area contributed by atoms with Crippen molar-refractivity contribution in [3.63, 3.8) is 0 Å². The molecule has 17 nitrogen and oxygen atoms in total. The van der Waals surface area contributed by atoms with E-state index in [9.17, 15) is 60.3 Å². The zero-order valence-corrected chi connectivity index (χ0v) is 49.9. The minimum atomic E-state index is -4.71. The number of hydrogen-bond donors (Lipinski definition) is 7. The van der Waals surface area contributed by atoms with E-state index in [4.69, 9.17) is 0 Å². The summed E-state index contributed by atoms with van der Waals surface area (Å²) in [5, 5.41) is 53.2. The largest absolute Gasteiger partial charge is 0.421 e. The molecule has 466 valence electrons. The number of nitrogens with one attached hydrogen (secondary N) is 5. The van der Waals surface area contributed by atoms with Gasteiger partial charge in [-0.1, -0.05) is 106 Å². The first kappa shape index (κ1) is 66.6. The molecule has 26 heteroatoms. The molecule has 0 saturated heterocycles. The fourth-order valence-corrected chi connectivity index (χ4v) is 11.7. The monoisotopic (exact) mass is 1220 g/mol. The van der Waals surface area contributed by atoms with Crippen molar-refractivity contribution in [2.45, 2.75) is 151 Å². The van der Waals surface area contributed by atoms with E-state index in [-0.39, 0.29) is 72.1 Å². The highest BCUT2D eigenvalue weighted by Crippen LogP contribution is 2.55. The first-order valence-electron chi connectivity index (χ1n) is 28.3. The van der Waals surface area contributed by atoms with Crippen LogP contribution in [0.25, 0.3) is 0 Å². The average Bonchev–Trinajstić information content (AvgIpc) is 0.786. The van der Waals surface area contributed by atoms with Gasteiger partial charge in [0.05, 0.1) is 40.9 Å². The van der Waals surface area contributed by atoms with Crippen LogP contribution in [-0.2, 0) is 51.0 Å². The van der Waals surface area contributed by atoms with Gasteiger partial charge in [0.15, 0.2) is 0 Å². The van der Waals surface area contributed by atoms with Gasteiger partial charge < -0.3 is 36.8 Å². The Balaban J connectivity index is 0.000000187. The molecule has 0 aliphatic heterocycles. The van der Waals surface area contributed by atoms with Crippen LogP contribution in [0.5, 0.6) is 0 Å². The molecule has 3 aliphatic rings. The third kappa shape index (κ3) is 15.1. The summed E-state index contributed by atoms with van der Waals surface area (Å²) in [4.78, 5) is 33.2. The molecule has 3 fully saturated rings. The highest BCUT2D eigenvalue weighted by Gasteiger charge is 2.61. The van der Waals surface area contributed by atoms with Crippen molar-refractivity contribution in [1.29, 1.82) is 10.5 Å². The molecule has 0 amide bonds. The Bertz CT molecular complexity index is 3440. The van der Waals surface area contributed by atoms with Gasteiger partial charge >= 0.3 is 18.5 Å². The third-order valence-electron chi connectivity index (χ3n) is 17.7. The van der Waals surface area contributed by atoms with Gasteiger partial charge in [0, 0.05) is 72.8 Å². The number of aryl methyl sites for hydroxylation is 1. The number of benzene rings is 2. The lowest BCUT2D eigenvalue weighted by atomic mass is 9.49. The summed E-state index contributed by atoms with van der Waals surface area (Å²) in [6, 6.07) is 13.9. The van der Waals surface area contributed by atoms with Crippen LogP contribution in [0.15, 0.2) is 79.6 Å². The maximum atomic E-state index is 13.4. The number of nitrogens with zero attached hydrogens (tertiary/aromatic N) is 10. The topological polar surface area (TPSA) is 251 Å². The number of aliphatic hydroxyl groups excluding tert-OH is 2. The van der Waals surface area contributed by atoms with E-state index in [1.165, 1.54) is 49.0 Å². The summed E-state index contributed by atoms with van der Waals surface area (Å²) < 4.78 is 119. The average molecular weight is 1220 g/mol. The van der Waals surface area contributed by atoms with Crippen molar-refractivity contribution in [2.24, 2.45) is 39.4 Å². The van der Waals surface area contributed by atoms with Crippen LogP contribution >= 0.6 is 0 Å². The number of halogens is 9. The SMILES string of the molecule is CC1(C)C(O)C(C)(C)C1Nc1nc(NCc2ccccc2C(F)(F)F)ncc1C#N.CC1(C)[C@@H](CO)C[C@@H]1Nc1nc(NCc2ccccc2C(F)(F)F)ncc1C(F)(F)F.CCc1ncncc1CNc1ncc(C#N)c(C[C@@H]2C[C@@H](C)C2(C)C)n1. The van der Waals surface area contributed by atoms with Crippen molar-refractivity contribution in [3.05, 3.63) is 136 Å². The maximum absolute atomic E-state index is 13.4.